The normalized spacial score (nSPS) is 14.3. The lowest BCUT2D eigenvalue weighted by molar-refractivity contribution is 0.0753. The van der Waals surface area contributed by atoms with E-state index in [0.29, 0.717) is 11.6 Å². The van der Waals surface area contributed by atoms with Crippen LogP contribution in [0.4, 0.5) is 5.69 Å². The molecule has 0 radical (unpaired) electrons. The third kappa shape index (κ3) is 3.25. The number of pyridine rings is 1. The van der Waals surface area contributed by atoms with Gasteiger partial charge in [0.15, 0.2) is 0 Å². The van der Waals surface area contributed by atoms with Crippen LogP contribution in [0.2, 0.25) is 0 Å². The van der Waals surface area contributed by atoms with Gasteiger partial charge < -0.3 is 10.2 Å². The van der Waals surface area contributed by atoms with E-state index in [1.165, 1.54) is 0 Å². The summed E-state index contributed by atoms with van der Waals surface area (Å²) >= 11 is 0. The molecule has 1 aromatic rings. The van der Waals surface area contributed by atoms with Crippen LogP contribution in [0.15, 0.2) is 12.3 Å². The van der Waals surface area contributed by atoms with Crippen molar-refractivity contribution in [1.29, 1.82) is 0 Å². The fourth-order valence-corrected chi connectivity index (χ4v) is 2.24. The van der Waals surface area contributed by atoms with Gasteiger partial charge in [-0.25, -0.2) is 0 Å². The maximum atomic E-state index is 12.6. The number of aryl methyl sites for hydroxylation is 1. The molecule has 2 rings (SSSR count). The van der Waals surface area contributed by atoms with Gasteiger partial charge in [-0.15, -0.1) is 0 Å². The Kier molecular flexibility index (Phi) is 4.40. The molecule has 0 atom stereocenters. The van der Waals surface area contributed by atoms with E-state index in [2.05, 4.69) is 17.2 Å². The summed E-state index contributed by atoms with van der Waals surface area (Å²) in [5.74, 6) is 0.108. The zero-order valence-corrected chi connectivity index (χ0v) is 12.1. The second kappa shape index (κ2) is 6.04. The highest BCUT2D eigenvalue weighted by Crippen LogP contribution is 2.29. The zero-order valence-electron chi connectivity index (χ0n) is 12.1. The number of amides is 1. The molecule has 4 nitrogen and oxygen atoms in total. The lowest BCUT2D eigenvalue weighted by atomic mass is 10.1. The summed E-state index contributed by atoms with van der Waals surface area (Å²) in [6, 6.07) is 2.40. The molecule has 1 N–H and O–H groups in total. The summed E-state index contributed by atoms with van der Waals surface area (Å²) in [4.78, 5) is 18.8. The summed E-state index contributed by atoms with van der Waals surface area (Å²) in [7, 11) is 0. The molecule has 1 aromatic heterocycles. The molecule has 0 unspecified atom stereocenters. The van der Waals surface area contributed by atoms with Crippen LogP contribution in [-0.4, -0.2) is 34.9 Å². The number of nitrogens with zero attached hydrogens (tertiary/aromatic N) is 2. The van der Waals surface area contributed by atoms with Crippen molar-refractivity contribution in [3.05, 3.63) is 23.5 Å². The molecule has 0 spiro atoms. The van der Waals surface area contributed by atoms with Crippen LogP contribution in [0.25, 0.3) is 0 Å². The standard InChI is InChI=1S/C15H23N3O/c1-4-8-16-14-9-11(3)17-10-13(14)15(19)18(5-2)12-6-7-12/h9-10,12H,4-8H2,1-3H3,(H,16,17). The first-order valence-corrected chi connectivity index (χ1v) is 7.18. The van der Waals surface area contributed by atoms with Crippen molar-refractivity contribution in [2.45, 2.75) is 46.1 Å². The van der Waals surface area contributed by atoms with Crippen molar-refractivity contribution in [3.63, 3.8) is 0 Å². The lowest BCUT2D eigenvalue weighted by Crippen LogP contribution is -2.33. The Hall–Kier alpha value is -1.58. The molecule has 0 bridgehead atoms. The highest BCUT2D eigenvalue weighted by atomic mass is 16.2. The van der Waals surface area contributed by atoms with Crippen LogP contribution in [0.3, 0.4) is 0 Å². The van der Waals surface area contributed by atoms with Gasteiger partial charge in [-0.2, -0.15) is 0 Å². The number of anilines is 1. The topological polar surface area (TPSA) is 45.2 Å². The summed E-state index contributed by atoms with van der Waals surface area (Å²) in [6.45, 7) is 7.75. The number of aromatic nitrogens is 1. The third-order valence-electron chi connectivity index (χ3n) is 3.43. The highest BCUT2D eigenvalue weighted by Gasteiger charge is 2.32. The van der Waals surface area contributed by atoms with Gasteiger partial charge in [-0.1, -0.05) is 6.92 Å². The minimum atomic E-state index is 0.108. The van der Waals surface area contributed by atoms with Crippen molar-refractivity contribution < 1.29 is 4.79 Å². The summed E-state index contributed by atoms with van der Waals surface area (Å²) < 4.78 is 0. The molecule has 1 heterocycles. The van der Waals surface area contributed by atoms with Crippen LogP contribution < -0.4 is 5.32 Å². The maximum absolute atomic E-state index is 12.6. The molecule has 0 aliphatic heterocycles. The van der Waals surface area contributed by atoms with E-state index < -0.39 is 0 Å². The molecular weight excluding hydrogens is 238 g/mol. The molecule has 0 aromatic carbocycles. The molecule has 1 fully saturated rings. The van der Waals surface area contributed by atoms with Crippen molar-refractivity contribution in [2.24, 2.45) is 0 Å². The first-order valence-electron chi connectivity index (χ1n) is 7.18. The van der Waals surface area contributed by atoms with Gasteiger partial charge in [0.25, 0.3) is 5.91 Å². The third-order valence-corrected chi connectivity index (χ3v) is 3.43. The monoisotopic (exact) mass is 261 g/mol. The van der Waals surface area contributed by atoms with Crippen molar-refractivity contribution in [1.82, 2.24) is 9.88 Å². The van der Waals surface area contributed by atoms with E-state index >= 15 is 0 Å². The largest absolute Gasteiger partial charge is 0.384 e. The maximum Gasteiger partial charge on any atom is 0.257 e. The Morgan fingerprint density at radius 1 is 1.47 bits per heavy atom. The quantitative estimate of drug-likeness (QED) is 0.856. The molecule has 1 amide bonds. The first kappa shape index (κ1) is 13.8. The fraction of sp³-hybridized carbons (Fsp3) is 0.600. The van der Waals surface area contributed by atoms with Gasteiger partial charge in [-0.05, 0) is 39.2 Å². The van der Waals surface area contributed by atoms with Crippen LogP contribution in [0.5, 0.6) is 0 Å². The Morgan fingerprint density at radius 3 is 2.79 bits per heavy atom. The average Bonchev–Trinajstić information content (AvgIpc) is 3.21. The summed E-state index contributed by atoms with van der Waals surface area (Å²) in [5, 5.41) is 3.34. The molecule has 1 aliphatic rings. The molecule has 4 heteroatoms. The highest BCUT2D eigenvalue weighted by molar-refractivity contribution is 5.99. The smallest absolute Gasteiger partial charge is 0.257 e. The van der Waals surface area contributed by atoms with Crippen molar-refractivity contribution in [3.8, 4) is 0 Å². The first-order chi connectivity index (χ1) is 9.17. The van der Waals surface area contributed by atoms with Crippen LogP contribution >= 0.6 is 0 Å². The molecule has 104 valence electrons. The number of hydrogen-bond donors (Lipinski definition) is 1. The van der Waals surface area contributed by atoms with Gasteiger partial charge >= 0.3 is 0 Å². The van der Waals surface area contributed by atoms with E-state index in [1.807, 2.05) is 24.8 Å². The van der Waals surface area contributed by atoms with Gasteiger partial charge in [0, 0.05) is 31.0 Å². The summed E-state index contributed by atoms with van der Waals surface area (Å²) in [5.41, 5.74) is 2.55. The van der Waals surface area contributed by atoms with E-state index in [9.17, 15) is 4.79 Å². The lowest BCUT2D eigenvalue weighted by Gasteiger charge is -2.22. The zero-order chi connectivity index (χ0) is 13.8. The molecule has 0 saturated heterocycles. The van der Waals surface area contributed by atoms with Gasteiger partial charge in [0.05, 0.1) is 11.3 Å². The summed E-state index contributed by atoms with van der Waals surface area (Å²) in [6.07, 6.45) is 5.02. The minimum absolute atomic E-state index is 0.108. The fourth-order valence-electron chi connectivity index (χ4n) is 2.24. The van der Waals surface area contributed by atoms with Crippen LogP contribution in [-0.2, 0) is 0 Å². The van der Waals surface area contributed by atoms with Gasteiger partial charge in [-0.3, -0.25) is 9.78 Å². The number of nitrogens with one attached hydrogen (secondary N) is 1. The molecule has 19 heavy (non-hydrogen) atoms. The average molecular weight is 261 g/mol. The molecule has 1 aliphatic carbocycles. The number of carbonyl (C=O) groups excluding carboxylic acids is 1. The number of carbonyl (C=O) groups is 1. The van der Waals surface area contributed by atoms with Gasteiger partial charge in [0.2, 0.25) is 0 Å². The van der Waals surface area contributed by atoms with E-state index in [1.54, 1.807) is 6.20 Å². The Balaban J connectivity index is 2.23. The predicted molar refractivity (Wildman–Crippen MR) is 77.5 cm³/mol. The van der Waals surface area contributed by atoms with Crippen LogP contribution in [0, 0.1) is 6.92 Å². The van der Waals surface area contributed by atoms with Crippen molar-refractivity contribution >= 4 is 11.6 Å². The Labute approximate surface area is 115 Å². The predicted octanol–water partition coefficient (Wildman–Crippen LogP) is 2.84. The van der Waals surface area contributed by atoms with E-state index in [0.717, 1.165) is 43.7 Å². The number of hydrogen-bond acceptors (Lipinski definition) is 3. The van der Waals surface area contributed by atoms with Crippen molar-refractivity contribution in [2.75, 3.05) is 18.4 Å². The second-order valence-corrected chi connectivity index (χ2v) is 5.12. The molecular formula is C15H23N3O. The van der Waals surface area contributed by atoms with Crippen LogP contribution in [0.1, 0.15) is 49.2 Å². The SMILES string of the molecule is CCCNc1cc(C)ncc1C(=O)N(CC)C1CC1. The Bertz CT molecular complexity index is 455. The minimum Gasteiger partial charge on any atom is -0.384 e. The van der Waals surface area contributed by atoms with E-state index in [4.69, 9.17) is 0 Å². The molecule has 1 saturated carbocycles. The Morgan fingerprint density at radius 2 is 2.21 bits per heavy atom. The van der Waals surface area contributed by atoms with E-state index in [-0.39, 0.29) is 5.91 Å². The number of rotatable bonds is 6. The second-order valence-electron chi connectivity index (χ2n) is 5.12. The van der Waals surface area contributed by atoms with Gasteiger partial charge in [0.1, 0.15) is 0 Å².